The van der Waals surface area contributed by atoms with Gasteiger partial charge in [-0.3, -0.25) is 0 Å². The van der Waals surface area contributed by atoms with Crippen molar-refractivity contribution in [3.63, 3.8) is 0 Å². The average molecular weight is 397 g/mol. The molecular formula is C22H40O4Si. The summed E-state index contributed by atoms with van der Waals surface area (Å²) in [7, 11) is -2.03. The van der Waals surface area contributed by atoms with Crippen molar-refractivity contribution in [2.75, 3.05) is 6.61 Å². The molecule has 27 heavy (non-hydrogen) atoms. The Morgan fingerprint density at radius 3 is 2.04 bits per heavy atom. The topological polar surface area (TPSA) is 58.9 Å². The summed E-state index contributed by atoms with van der Waals surface area (Å²) in [4.78, 5) is 0. The second kappa shape index (κ2) is 10.2. The molecule has 0 amide bonds. The molecule has 1 rings (SSSR count). The zero-order chi connectivity index (χ0) is 20.8. The van der Waals surface area contributed by atoms with Crippen LogP contribution in [0.4, 0.5) is 0 Å². The van der Waals surface area contributed by atoms with E-state index in [1.807, 2.05) is 37.3 Å². The molecule has 0 aliphatic heterocycles. The van der Waals surface area contributed by atoms with Gasteiger partial charge in [0.15, 0.2) is 8.32 Å². The molecule has 4 nitrogen and oxygen atoms in total. The maximum atomic E-state index is 10.5. The summed E-state index contributed by atoms with van der Waals surface area (Å²) in [6.07, 6.45) is -1.79. The number of hydrogen-bond acceptors (Lipinski definition) is 4. The number of aliphatic hydroxyl groups is 2. The standard InChI is InChI=1S/C22H40O4Si/c1-16(14-25-15-19-12-10-9-11-13-19)21(17(2)20(24)18(3)23)26-27(7,8)22(4,5)6/h9-13,16-18,20-21,23-24H,14-15H2,1-8H3/t16-,17-,18-,20+,21+/m0/s1. The van der Waals surface area contributed by atoms with Crippen LogP contribution in [0.25, 0.3) is 0 Å². The molecule has 0 radical (unpaired) electrons. The molecule has 0 aliphatic rings. The van der Waals surface area contributed by atoms with Crippen LogP contribution >= 0.6 is 0 Å². The second-order valence-corrected chi connectivity index (χ2v) is 14.2. The van der Waals surface area contributed by atoms with Gasteiger partial charge in [0.2, 0.25) is 0 Å². The van der Waals surface area contributed by atoms with E-state index in [2.05, 4.69) is 40.8 Å². The largest absolute Gasteiger partial charge is 0.413 e. The lowest BCUT2D eigenvalue weighted by Crippen LogP contribution is -2.51. The van der Waals surface area contributed by atoms with E-state index in [0.29, 0.717) is 13.2 Å². The minimum Gasteiger partial charge on any atom is -0.413 e. The molecule has 156 valence electrons. The van der Waals surface area contributed by atoms with Gasteiger partial charge in [0.25, 0.3) is 0 Å². The van der Waals surface area contributed by atoms with Gasteiger partial charge in [-0.25, -0.2) is 0 Å². The Morgan fingerprint density at radius 1 is 1.00 bits per heavy atom. The summed E-state index contributed by atoms with van der Waals surface area (Å²) in [5, 5.41) is 20.4. The highest BCUT2D eigenvalue weighted by atomic mass is 28.4. The second-order valence-electron chi connectivity index (χ2n) is 9.41. The monoisotopic (exact) mass is 396 g/mol. The van der Waals surface area contributed by atoms with Crippen LogP contribution in [-0.4, -0.2) is 43.4 Å². The van der Waals surface area contributed by atoms with Crippen molar-refractivity contribution in [3.05, 3.63) is 35.9 Å². The van der Waals surface area contributed by atoms with Crippen molar-refractivity contribution < 1.29 is 19.4 Å². The van der Waals surface area contributed by atoms with Gasteiger partial charge in [0, 0.05) is 11.8 Å². The van der Waals surface area contributed by atoms with Crippen molar-refractivity contribution in [1.29, 1.82) is 0 Å². The molecule has 5 heteroatoms. The molecule has 0 saturated carbocycles. The van der Waals surface area contributed by atoms with Crippen LogP contribution in [0, 0.1) is 11.8 Å². The first-order valence-electron chi connectivity index (χ1n) is 10.0. The minimum absolute atomic E-state index is 0.0748. The van der Waals surface area contributed by atoms with Gasteiger partial charge in [-0.1, -0.05) is 65.0 Å². The summed E-state index contributed by atoms with van der Waals surface area (Å²) in [6, 6.07) is 10.1. The number of aliphatic hydroxyl groups excluding tert-OH is 2. The maximum Gasteiger partial charge on any atom is 0.192 e. The summed E-state index contributed by atoms with van der Waals surface area (Å²) in [5.74, 6) is -0.0827. The highest BCUT2D eigenvalue weighted by molar-refractivity contribution is 6.74. The van der Waals surface area contributed by atoms with Gasteiger partial charge in [-0.05, 0) is 30.6 Å². The van der Waals surface area contributed by atoms with Crippen molar-refractivity contribution in [2.24, 2.45) is 11.8 Å². The molecule has 1 aromatic carbocycles. The third-order valence-electron chi connectivity index (χ3n) is 5.84. The highest BCUT2D eigenvalue weighted by Gasteiger charge is 2.43. The lowest BCUT2D eigenvalue weighted by molar-refractivity contribution is -0.0657. The third kappa shape index (κ3) is 7.31. The van der Waals surface area contributed by atoms with E-state index in [4.69, 9.17) is 9.16 Å². The Labute approximate surface area is 167 Å². The van der Waals surface area contributed by atoms with Crippen LogP contribution in [0.5, 0.6) is 0 Å². The van der Waals surface area contributed by atoms with E-state index in [-0.39, 0.29) is 23.0 Å². The quantitative estimate of drug-likeness (QED) is 0.567. The normalized spacial score (nSPS) is 18.6. The molecule has 0 aromatic heterocycles. The van der Waals surface area contributed by atoms with E-state index >= 15 is 0 Å². The van der Waals surface area contributed by atoms with Gasteiger partial charge in [0.1, 0.15) is 0 Å². The third-order valence-corrected chi connectivity index (χ3v) is 10.3. The molecule has 0 unspecified atom stereocenters. The number of benzene rings is 1. The number of ether oxygens (including phenoxy) is 1. The molecule has 5 atom stereocenters. The van der Waals surface area contributed by atoms with Gasteiger partial charge in [-0.15, -0.1) is 0 Å². The van der Waals surface area contributed by atoms with E-state index in [0.717, 1.165) is 5.56 Å². The van der Waals surface area contributed by atoms with Crippen molar-refractivity contribution >= 4 is 8.32 Å². The Morgan fingerprint density at radius 2 is 1.56 bits per heavy atom. The molecule has 0 fully saturated rings. The Kier molecular flexibility index (Phi) is 9.16. The molecule has 2 N–H and O–H groups in total. The summed E-state index contributed by atoms with van der Waals surface area (Å²) in [5.41, 5.74) is 1.14. The molecule has 1 aromatic rings. The first kappa shape index (κ1) is 24.3. The fourth-order valence-electron chi connectivity index (χ4n) is 2.92. The van der Waals surface area contributed by atoms with Crippen LogP contribution in [-0.2, 0) is 15.8 Å². The molecule has 0 spiro atoms. The predicted octanol–water partition coefficient (Wildman–Crippen LogP) is 4.61. The van der Waals surface area contributed by atoms with Crippen molar-refractivity contribution in [2.45, 2.75) is 84.6 Å². The summed E-state index contributed by atoms with van der Waals surface area (Å²) < 4.78 is 12.6. The molecular weight excluding hydrogens is 356 g/mol. The van der Waals surface area contributed by atoms with Crippen molar-refractivity contribution in [1.82, 2.24) is 0 Å². The van der Waals surface area contributed by atoms with Crippen LogP contribution in [0.2, 0.25) is 18.1 Å². The molecule has 0 bridgehead atoms. The highest BCUT2D eigenvalue weighted by Crippen LogP contribution is 2.39. The van der Waals surface area contributed by atoms with E-state index in [9.17, 15) is 10.2 Å². The fourth-order valence-corrected chi connectivity index (χ4v) is 4.40. The first-order valence-corrected chi connectivity index (χ1v) is 12.9. The molecule has 0 saturated heterocycles. The Hall–Kier alpha value is -0.723. The van der Waals surface area contributed by atoms with Crippen LogP contribution < -0.4 is 0 Å². The van der Waals surface area contributed by atoms with Crippen LogP contribution in [0.15, 0.2) is 30.3 Å². The SMILES string of the molecule is C[C@@H]([C@@H](O)[C@H](C)O)[C@H](O[Si](C)(C)C(C)(C)C)[C@@H](C)COCc1ccccc1. The minimum atomic E-state index is -2.03. The lowest BCUT2D eigenvalue weighted by atomic mass is 9.88. The summed E-state index contributed by atoms with van der Waals surface area (Å²) >= 11 is 0. The van der Waals surface area contributed by atoms with E-state index < -0.39 is 20.5 Å². The lowest BCUT2D eigenvalue weighted by Gasteiger charge is -2.44. The zero-order valence-electron chi connectivity index (χ0n) is 18.4. The van der Waals surface area contributed by atoms with Crippen molar-refractivity contribution in [3.8, 4) is 0 Å². The van der Waals surface area contributed by atoms with Gasteiger partial charge < -0.3 is 19.4 Å². The Bertz CT molecular complexity index is 539. The number of hydrogen-bond donors (Lipinski definition) is 2. The van der Waals surface area contributed by atoms with Gasteiger partial charge >= 0.3 is 0 Å². The Balaban J connectivity index is 2.85. The predicted molar refractivity (Wildman–Crippen MR) is 114 cm³/mol. The zero-order valence-corrected chi connectivity index (χ0v) is 19.4. The first-order chi connectivity index (χ1) is 12.4. The van der Waals surface area contributed by atoms with E-state index in [1.54, 1.807) is 6.92 Å². The number of rotatable bonds is 10. The van der Waals surface area contributed by atoms with Gasteiger partial charge in [0.05, 0.1) is 31.5 Å². The van der Waals surface area contributed by atoms with Crippen LogP contribution in [0.3, 0.4) is 0 Å². The fraction of sp³-hybridized carbons (Fsp3) is 0.727. The summed E-state index contributed by atoms with van der Waals surface area (Å²) in [6.45, 7) is 17.9. The maximum absolute atomic E-state index is 10.5. The molecule has 0 aliphatic carbocycles. The smallest absolute Gasteiger partial charge is 0.192 e. The average Bonchev–Trinajstić information content (AvgIpc) is 2.58. The van der Waals surface area contributed by atoms with E-state index in [1.165, 1.54) is 0 Å². The van der Waals surface area contributed by atoms with Crippen LogP contribution in [0.1, 0.15) is 47.1 Å². The molecule has 0 heterocycles. The van der Waals surface area contributed by atoms with Gasteiger partial charge in [-0.2, -0.15) is 0 Å².